The van der Waals surface area contributed by atoms with Crippen LogP contribution in [0.5, 0.6) is 0 Å². The Morgan fingerprint density at radius 2 is 1.88 bits per heavy atom. The van der Waals surface area contributed by atoms with E-state index in [1.54, 1.807) is 0 Å². The summed E-state index contributed by atoms with van der Waals surface area (Å²) in [7, 11) is 0. The minimum absolute atomic E-state index is 0.0134. The minimum Gasteiger partial charge on any atom is -0.368 e. The molecule has 2 amide bonds. The molecule has 0 bridgehead atoms. The molecule has 0 spiro atoms. The van der Waals surface area contributed by atoms with E-state index in [2.05, 4.69) is 29.6 Å². The fourth-order valence-electron chi connectivity index (χ4n) is 3.51. The maximum Gasteiger partial charge on any atom is 0.249 e. The monoisotopic (exact) mass is 330 g/mol. The molecule has 1 aromatic rings. The normalized spacial score (nSPS) is 21.7. The van der Waals surface area contributed by atoms with Crippen molar-refractivity contribution in [3.63, 3.8) is 0 Å². The quantitative estimate of drug-likeness (QED) is 0.895. The van der Waals surface area contributed by atoms with E-state index in [1.165, 1.54) is 5.56 Å². The van der Waals surface area contributed by atoms with Crippen molar-refractivity contribution in [2.75, 3.05) is 26.2 Å². The molecule has 0 aromatic heterocycles. The van der Waals surface area contributed by atoms with Crippen molar-refractivity contribution in [1.29, 1.82) is 0 Å². The van der Waals surface area contributed by atoms with Crippen molar-refractivity contribution >= 4 is 11.8 Å². The van der Waals surface area contributed by atoms with E-state index in [9.17, 15) is 9.59 Å². The lowest BCUT2D eigenvalue weighted by Gasteiger charge is -2.32. The number of benzene rings is 1. The van der Waals surface area contributed by atoms with Gasteiger partial charge in [0.05, 0.1) is 6.54 Å². The largest absolute Gasteiger partial charge is 0.368 e. The molecule has 2 heterocycles. The van der Waals surface area contributed by atoms with Crippen LogP contribution in [-0.4, -0.2) is 49.1 Å². The summed E-state index contributed by atoms with van der Waals surface area (Å²) in [6.45, 7) is 2.29. The molecule has 0 aliphatic carbocycles. The number of carbonyl (C=O) groups excluding carboxylic acids is 2. The molecule has 5 nitrogen and oxygen atoms in total. The molecular weight excluding hydrogens is 304 g/mol. The molecule has 1 atom stereocenters. The summed E-state index contributed by atoms with van der Waals surface area (Å²) in [4.78, 5) is 26.0. The van der Waals surface area contributed by atoms with Gasteiger partial charge in [-0.05, 0) is 43.6 Å². The highest BCUT2D eigenvalue weighted by Gasteiger charge is 2.26. The first-order valence-corrected chi connectivity index (χ1v) is 8.93. The van der Waals surface area contributed by atoms with Crippen molar-refractivity contribution in [3.8, 4) is 0 Å². The minimum atomic E-state index is -0.366. The summed E-state index contributed by atoms with van der Waals surface area (Å²) in [6.07, 6.45) is 4.44. The predicted molar refractivity (Wildman–Crippen MR) is 91.4 cm³/mol. The second-order valence-electron chi connectivity index (χ2n) is 6.73. The van der Waals surface area contributed by atoms with Gasteiger partial charge in [0.2, 0.25) is 11.8 Å². The first-order valence-electron chi connectivity index (χ1n) is 8.93. The second-order valence-corrected chi connectivity index (χ2v) is 6.73. The number of ether oxygens (including phenoxy) is 1. The van der Waals surface area contributed by atoms with E-state index < -0.39 is 0 Å². The van der Waals surface area contributed by atoms with Gasteiger partial charge in [-0.25, -0.2) is 0 Å². The Morgan fingerprint density at radius 3 is 2.54 bits per heavy atom. The zero-order valence-electron chi connectivity index (χ0n) is 14.1. The molecular formula is C19H26N2O3. The van der Waals surface area contributed by atoms with Crippen molar-refractivity contribution in [1.82, 2.24) is 10.2 Å². The fraction of sp³-hybridized carbons (Fsp3) is 0.579. The van der Waals surface area contributed by atoms with E-state index in [0.717, 1.165) is 45.2 Å². The predicted octanol–water partition coefficient (Wildman–Crippen LogP) is 1.76. The number of hydrogen-bond acceptors (Lipinski definition) is 3. The third kappa shape index (κ3) is 4.57. The number of piperidine rings is 1. The Bertz CT molecular complexity index is 547. The number of amides is 2. The van der Waals surface area contributed by atoms with Crippen LogP contribution < -0.4 is 5.32 Å². The molecule has 24 heavy (non-hydrogen) atoms. The second kappa shape index (κ2) is 8.29. The van der Waals surface area contributed by atoms with Crippen LogP contribution in [0.1, 0.15) is 31.2 Å². The topological polar surface area (TPSA) is 58.6 Å². The highest BCUT2D eigenvalue weighted by atomic mass is 16.5. The van der Waals surface area contributed by atoms with Crippen LogP contribution in [0.2, 0.25) is 0 Å². The maximum absolute atomic E-state index is 12.3. The Kier molecular flexibility index (Phi) is 5.86. The van der Waals surface area contributed by atoms with Crippen LogP contribution in [0.3, 0.4) is 0 Å². The number of likely N-dealkylation sites (tertiary alicyclic amines) is 1. The van der Waals surface area contributed by atoms with Crippen molar-refractivity contribution in [3.05, 3.63) is 35.9 Å². The molecule has 2 fully saturated rings. The van der Waals surface area contributed by atoms with Gasteiger partial charge >= 0.3 is 0 Å². The van der Waals surface area contributed by atoms with Crippen LogP contribution in [0.4, 0.5) is 0 Å². The van der Waals surface area contributed by atoms with Gasteiger partial charge in [-0.2, -0.15) is 0 Å². The Labute approximate surface area is 143 Å². The average molecular weight is 330 g/mol. The molecule has 2 aliphatic rings. The number of carbonyl (C=O) groups is 2. The molecule has 5 heteroatoms. The Balaban J connectivity index is 1.38. The number of nitrogens with zero attached hydrogens (tertiary/aromatic N) is 1. The zero-order chi connectivity index (χ0) is 16.8. The van der Waals surface area contributed by atoms with Gasteiger partial charge < -0.3 is 15.0 Å². The molecule has 3 rings (SSSR count). The van der Waals surface area contributed by atoms with Gasteiger partial charge in [0, 0.05) is 19.7 Å². The molecule has 2 aliphatic heterocycles. The summed E-state index contributed by atoms with van der Waals surface area (Å²) >= 11 is 0. The molecule has 1 aromatic carbocycles. The summed E-state index contributed by atoms with van der Waals surface area (Å²) in [5.74, 6) is 0.497. The molecule has 0 saturated carbocycles. The van der Waals surface area contributed by atoms with Crippen LogP contribution in [-0.2, 0) is 20.7 Å². The summed E-state index contributed by atoms with van der Waals surface area (Å²) < 4.78 is 5.33. The van der Waals surface area contributed by atoms with Crippen LogP contribution in [0.15, 0.2) is 30.3 Å². The lowest BCUT2D eigenvalue weighted by molar-refractivity contribution is -0.136. The van der Waals surface area contributed by atoms with Crippen molar-refractivity contribution in [2.24, 2.45) is 5.92 Å². The van der Waals surface area contributed by atoms with E-state index in [0.29, 0.717) is 12.5 Å². The van der Waals surface area contributed by atoms with E-state index >= 15 is 0 Å². The third-order valence-corrected chi connectivity index (χ3v) is 4.97. The molecule has 2 saturated heterocycles. The standard InChI is InChI=1S/C19H26N2O3/c22-18(14-20-19(23)17-7-4-12-24-17)21-10-8-16(9-11-21)13-15-5-2-1-3-6-15/h1-3,5-6,16-17H,4,7-14H2,(H,20,23). The molecule has 130 valence electrons. The Morgan fingerprint density at radius 1 is 1.12 bits per heavy atom. The van der Waals surface area contributed by atoms with Crippen LogP contribution in [0.25, 0.3) is 0 Å². The summed E-state index contributed by atoms with van der Waals surface area (Å²) in [6, 6.07) is 10.5. The zero-order valence-corrected chi connectivity index (χ0v) is 14.1. The number of nitrogens with one attached hydrogen (secondary N) is 1. The molecule has 1 unspecified atom stereocenters. The van der Waals surface area contributed by atoms with E-state index in [-0.39, 0.29) is 24.5 Å². The lowest BCUT2D eigenvalue weighted by atomic mass is 9.90. The van der Waals surface area contributed by atoms with Crippen LogP contribution in [0, 0.1) is 5.92 Å². The fourth-order valence-corrected chi connectivity index (χ4v) is 3.51. The SMILES string of the molecule is O=C(NCC(=O)N1CCC(Cc2ccccc2)CC1)C1CCCO1. The van der Waals surface area contributed by atoms with E-state index in [1.807, 2.05) is 11.0 Å². The van der Waals surface area contributed by atoms with Gasteiger partial charge in [0.25, 0.3) is 0 Å². The third-order valence-electron chi connectivity index (χ3n) is 4.97. The van der Waals surface area contributed by atoms with Gasteiger partial charge in [-0.1, -0.05) is 30.3 Å². The highest BCUT2D eigenvalue weighted by Crippen LogP contribution is 2.21. The first kappa shape index (κ1) is 17.0. The summed E-state index contributed by atoms with van der Waals surface area (Å²) in [5, 5.41) is 2.72. The van der Waals surface area contributed by atoms with Gasteiger partial charge in [-0.15, -0.1) is 0 Å². The smallest absolute Gasteiger partial charge is 0.249 e. The van der Waals surface area contributed by atoms with Crippen molar-refractivity contribution in [2.45, 2.75) is 38.2 Å². The number of hydrogen-bond donors (Lipinski definition) is 1. The highest BCUT2D eigenvalue weighted by molar-refractivity contribution is 5.87. The van der Waals surface area contributed by atoms with Gasteiger partial charge in [0.1, 0.15) is 6.10 Å². The van der Waals surface area contributed by atoms with Gasteiger partial charge in [-0.3, -0.25) is 9.59 Å². The number of rotatable bonds is 5. The summed E-state index contributed by atoms with van der Waals surface area (Å²) in [5.41, 5.74) is 1.37. The first-order chi connectivity index (χ1) is 11.7. The maximum atomic E-state index is 12.3. The lowest BCUT2D eigenvalue weighted by Crippen LogP contribution is -2.46. The molecule has 1 N–H and O–H groups in total. The van der Waals surface area contributed by atoms with Crippen LogP contribution >= 0.6 is 0 Å². The Hall–Kier alpha value is -1.88. The molecule has 0 radical (unpaired) electrons. The van der Waals surface area contributed by atoms with Crippen molar-refractivity contribution < 1.29 is 14.3 Å². The average Bonchev–Trinajstić information content (AvgIpc) is 3.16. The van der Waals surface area contributed by atoms with Gasteiger partial charge in [0.15, 0.2) is 0 Å². The van der Waals surface area contributed by atoms with E-state index in [4.69, 9.17) is 4.74 Å².